The van der Waals surface area contributed by atoms with E-state index in [1.54, 1.807) is 25.2 Å². The maximum absolute atomic E-state index is 11.4. The normalized spacial score (nSPS) is 14.0. The van der Waals surface area contributed by atoms with Crippen molar-refractivity contribution in [3.8, 4) is 11.5 Å². The molecule has 0 saturated heterocycles. The number of aliphatic hydroxyl groups excluding tert-OH is 1. The van der Waals surface area contributed by atoms with Crippen molar-refractivity contribution in [2.24, 2.45) is 0 Å². The van der Waals surface area contributed by atoms with Crippen molar-refractivity contribution in [1.29, 1.82) is 0 Å². The van der Waals surface area contributed by atoms with Gasteiger partial charge in [-0.25, -0.2) is 0 Å². The fourth-order valence-electron chi connectivity index (χ4n) is 1.61. The molecule has 5 heteroatoms. The van der Waals surface area contributed by atoms with Crippen LogP contribution in [0.15, 0.2) is 18.2 Å². The quantitative estimate of drug-likeness (QED) is 0.826. The fourth-order valence-corrected chi connectivity index (χ4v) is 1.61. The number of likely N-dealkylation sites (N-methyl/N-ethyl adjacent to an activating group) is 1. The Hall–Kier alpha value is -1.75. The number of hydrogen-bond acceptors (Lipinski definition) is 4. The Labute approximate surface area is 99.6 Å². The fraction of sp³-hybridized carbons (Fsp3) is 0.417. The van der Waals surface area contributed by atoms with Crippen LogP contribution in [0.25, 0.3) is 0 Å². The highest BCUT2D eigenvalue weighted by Crippen LogP contribution is 2.33. The zero-order valence-electron chi connectivity index (χ0n) is 9.68. The molecule has 1 aromatic carbocycles. The standard InChI is InChI=1S/C12H15NO4/c1-13(12(15)8-14)9-3-4-10-11(7-9)17-6-2-5-16-10/h3-4,7,14H,2,5-6,8H2,1H3. The predicted molar refractivity (Wildman–Crippen MR) is 62.5 cm³/mol. The molecule has 17 heavy (non-hydrogen) atoms. The van der Waals surface area contributed by atoms with Crippen molar-refractivity contribution in [3.05, 3.63) is 18.2 Å². The molecule has 0 unspecified atom stereocenters. The minimum atomic E-state index is -0.509. The Kier molecular flexibility index (Phi) is 3.49. The lowest BCUT2D eigenvalue weighted by Gasteiger charge is -2.17. The topological polar surface area (TPSA) is 59.0 Å². The first-order valence-corrected chi connectivity index (χ1v) is 5.49. The van der Waals surface area contributed by atoms with Crippen molar-refractivity contribution < 1.29 is 19.4 Å². The van der Waals surface area contributed by atoms with E-state index in [0.717, 1.165) is 6.42 Å². The molecule has 0 atom stereocenters. The van der Waals surface area contributed by atoms with Gasteiger partial charge in [0.2, 0.25) is 0 Å². The lowest BCUT2D eigenvalue weighted by atomic mass is 10.2. The number of anilines is 1. The number of rotatable bonds is 2. The van der Waals surface area contributed by atoms with E-state index in [-0.39, 0.29) is 5.91 Å². The number of carbonyl (C=O) groups is 1. The number of amides is 1. The van der Waals surface area contributed by atoms with E-state index in [9.17, 15) is 4.79 Å². The summed E-state index contributed by atoms with van der Waals surface area (Å²) in [4.78, 5) is 12.7. The molecule has 0 radical (unpaired) electrons. The summed E-state index contributed by atoms with van der Waals surface area (Å²) in [5.74, 6) is 0.966. The van der Waals surface area contributed by atoms with Gasteiger partial charge in [-0.1, -0.05) is 0 Å². The van der Waals surface area contributed by atoms with Gasteiger partial charge >= 0.3 is 0 Å². The van der Waals surface area contributed by atoms with Crippen LogP contribution in [0, 0.1) is 0 Å². The van der Waals surface area contributed by atoms with E-state index < -0.39 is 6.61 Å². The number of carbonyl (C=O) groups excluding carboxylic acids is 1. The Bertz CT molecular complexity index is 419. The average molecular weight is 237 g/mol. The maximum atomic E-state index is 11.4. The van der Waals surface area contributed by atoms with Gasteiger partial charge in [-0.3, -0.25) is 4.79 Å². The van der Waals surface area contributed by atoms with E-state index in [1.165, 1.54) is 4.90 Å². The lowest BCUT2D eigenvalue weighted by Crippen LogP contribution is -2.28. The van der Waals surface area contributed by atoms with Gasteiger partial charge in [0.25, 0.3) is 5.91 Å². The van der Waals surface area contributed by atoms with Crippen LogP contribution in [0.3, 0.4) is 0 Å². The molecule has 92 valence electrons. The van der Waals surface area contributed by atoms with E-state index in [1.807, 2.05) is 0 Å². The van der Waals surface area contributed by atoms with Crippen LogP contribution in [0.1, 0.15) is 6.42 Å². The van der Waals surface area contributed by atoms with Crippen molar-refractivity contribution in [2.45, 2.75) is 6.42 Å². The molecule has 5 nitrogen and oxygen atoms in total. The first kappa shape index (κ1) is 11.7. The van der Waals surface area contributed by atoms with Crippen molar-refractivity contribution in [3.63, 3.8) is 0 Å². The molecule has 1 aliphatic rings. The second kappa shape index (κ2) is 5.05. The van der Waals surface area contributed by atoms with Crippen LogP contribution in [0.5, 0.6) is 11.5 Å². The third-order valence-corrected chi connectivity index (χ3v) is 2.63. The summed E-state index contributed by atoms with van der Waals surface area (Å²) in [6, 6.07) is 5.28. The van der Waals surface area contributed by atoms with Crippen LogP contribution >= 0.6 is 0 Å². The number of fused-ring (bicyclic) bond motifs is 1. The van der Waals surface area contributed by atoms with Crippen molar-refractivity contribution in [2.75, 3.05) is 31.8 Å². The smallest absolute Gasteiger partial charge is 0.252 e. The second-order valence-electron chi connectivity index (χ2n) is 3.79. The Morgan fingerprint density at radius 2 is 2.06 bits per heavy atom. The maximum Gasteiger partial charge on any atom is 0.252 e. The minimum Gasteiger partial charge on any atom is -0.490 e. The summed E-state index contributed by atoms with van der Waals surface area (Å²) < 4.78 is 11.0. The number of ether oxygens (including phenoxy) is 2. The van der Waals surface area contributed by atoms with Gasteiger partial charge in [-0.05, 0) is 12.1 Å². The zero-order chi connectivity index (χ0) is 12.3. The Morgan fingerprint density at radius 3 is 2.76 bits per heavy atom. The van der Waals surface area contributed by atoms with Crippen LogP contribution in [0.2, 0.25) is 0 Å². The number of benzene rings is 1. The van der Waals surface area contributed by atoms with Crippen LogP contribution in [0.4, 0.5) is 5.69 Å². The summed E-state index contributed by atoms with van der Waals surface area (Å²) >= 11 is 0. The average Bonchev–Trinajstić information content (AvgIpc) is 2.61. The van der Waals surface area contributed by atoms with E-state index >= 15 is 0 Å². The third kappa shape index (κ3) is 2.50. The zero-order valence-corrected chi connectivity index (χ0v) is 9.68. The summed E-state index contributed by atoms with van der Waals surface area (Å²) in [6.07, 6.45) is 0.843. The van der Waals surface area contributed by atoms with Crippen LogP contribution in [-0.4, -0.2) is 37.9 Å². The van der Waals surface area contributed by atoms with Crippen LogP contribution in [-0.2, 0) is 4.79 Å². The predicted octanol–water partition coefficient (Wildman–Crippen LogP) is 0.803. The molecule has 0 spiro atoms. The van der Waals surface area contributed by atoms with Crippen LogP contribution < -0.4 is 14.4 Å². The molecular formula is C12H15NO4. The molecule has 1 N–H and O–H groups in total. The van der Waals surface area contributed by atoms with E-state index in [0.29, 0.717) is 30.4 Å². The molecule has 1 aliphatic heterocycles. The van der Waals surface area contributed by atoms with E-state index in [4.69, 9.17) is 14.6 Å². The van der Waals surface area contributed by atoms with Gasteiger partial charge in [-0.15, -0.1) is 0 Å². The Balaban J connectivity index is 2.26. The van der Waals surface area contributed by atoms with Gasteiger partial charge in [0, 0.05) is 25.2 Å². The molecule has 0 bridgehead atoms. The lowest BCUT2D eigenvalue weighted by molar-refractivity contribution is -0.120. The minimum absolute atomic E-state index is 0.362. The second-order valence-corrected chi connectivity index (χ2v) is 3.79. The summed E-state index contributed by atoms with van der Waals surface area (Å²) in [7, 11) is 1.61. The molecule has 0 aromatic heterocycles. The van der Waals surface area contributed by atoms with Gasteiger partial charge in [0.15, 0.2) is 11.5 Å². The molecule has 1 aromatic rings. The largest absolute Gasteiger partial charge is 0.490 e. The number of aliphatic hydroxyl groups is 1. The van der Waals surface area contributed by atoms with Gasteiger partial charge < -0.3 is 19.5 Å². The highest BCUT2D eigenvalue weighted by atomic mass is 16.5. The SMILES string of the molecule is CN(C(=O)CO)c1ccc2c(c1)OCCCO2. The first-order chi connectivity index (χ1) is 8.22. The number of nitrogens with zero attached hydrogens (tertiary/aromatic N) is 1. The highest BCUT2D eigenvalue weighted by molar-refractivity contribution is 5.93. The summed E-state index contributed by atoms with van der Waals surface area (Å²) in [5, 5.41) is 8.80. The summed E-state index contributed by atoms with van der Waals surface area (Å²) in [6.45, 7) is 0.733. The Morgan fingerprint density at radius 1 is 1.35 bits per heavy atom. The molecule has 0 saturated carbocycles. The van der Waals surface area contributed by atoms with E-state index in [2.05, 4.69) is 0 Å². The third-order valence-electron chi connectivity index (χ3n) is 2.63. The van der Waals surface area contributed by atoms with Gasteiger partial charge in [0.1, 0.15) is 6.61 Å². The van der Waals surface area contributed by atoms with Gasteiger partial charge in [0.05, 0.1) is 13.2 Å². The van der Waals surface area contributed by atoms with Gasteiger partial charge in [-0.2, -0.15) is 0 Å². The molecule has 0 aliphatic carbocycles. The van der Waals surface area contributed by atoms with Crippen molar-refractivity contribution in [1.82, 2.24) is 0 Å². The van der Waals surface area contributed by atoms with Crippen molar-refractivity contribution >= 4 is 11.6 Å². The molecule has 0 fully saturated rings. The molecule has 1 heterocycles. The monoisotopic (exact) mass is 237 g/mol. The molecule has 1 amide bonds. The first-order valence-electron chi connectivity index (χ1n) is 5.49. The summed E-state index contributed by atoms with van der Waals surface area (Å²) in [5.41, 5.74) is 0.674. The molecule has 2 rings (SSSR count). The molecular weight excluding hydrogens is 222 g/mol. The highest BCUT2D eigenvalue weighted by Gasteiger charge is 2.15. The number of hydrogen-bond donors (Lipinski definition) is 1.